The summed E-state index contributed by atoms with van der Waals surface area (Å²) in [4.78, 5) is 13.8. The first-order chi connectivity index (χ1) is 9.40. The Kier molecular flexibility index (Phi) is 4.48. The summed E-state index contributed by atoms with van der Waals surface area (Å²) in [7, 11) is 1.90. The minimum Gasteiger partial charge on any atom is -0.325 e. The number of rotatable bonds is 3. The highest BCUT2D eigenvalue weighted by Crippen LogP contribution is 2.18. The number of quaternary nitrogens is 1. The zero-order chi connectivity index (χ0) is 14.9. The molecule has 20 heavy (non-hydrogen) atoms. The molecule has 1 aromatic rings. The lowest BCUT2D eigenvalue weighted by molar-refractivity contribution is -0.919. The lowest BCUT2D eigenvalue weighted by Gasteiger charge is -2.31. The molecule has 0 radical (unpaired) electrons. The number of aryl methyl sites for hydroxylation is 2. The van der Waals surface area contributed by atoms with Crippen LogP contribution in [0.5, 0.6) is 0 Å². The molecule has 0 spiro atoms. The first-order valence-corrected chi connectivity index (χ1v) is 7.55. The number of carbonyl (C=O) groups is 1. The minimum atomic E-state index is 0.00139. The summed E-state index contributed by atoms with van der Waals surface area (Å²) >= 11 is 0. The molecule has 1 aliphatic rings. The Hall–Kier alpha value is -1.36. The Morgan fingerprint density at radius 2 is 2.00 bits per heavy atom. The van der Waals surface area contributed by atoms with Crippen LogP contribution in [-0.2, 0) is 11.8 Å². The Morgan fingerprint density at radius 1 is 1.40 bits per heavy atom. The van der Waals surface area contributed by atoms with Crippen LogP contribution < -0.4 is 10.2 Å². The molecule has 1 amide bonds. The van der Waals surface area contributed by atoms with Crippen molar-refractivity contribution in [3.63, 3.8) is 0 Å². The summed E-state index contributed by atoms with van der Waals surface area (Å²) in [6, 6.07) is 0.00139. The summed E-state index contributed by atoms with van der Waals surface area (Å²) in [6.45, 7) is 10.4. The van der Waals surface area contributed by atoms with Gasteiger partial charge in [0.1, 0.15) is 0 Å². The number of likely N-dealkylation sites (tertiary alicyclic amines) is 1. The van der Waals surface area contributed by atoms with Crippen LogP contribution in [0.4, 0.5) is 5.69 Å². The van der Waals surface area contributed by atoms with Gasteiger partial charge in [0.25, 0.3) is 5.91 Å². The third-order valence-corrected chi connectivity index (χ3v) is 4.68. The maximum Gasteiger partial charge on any atom is 0.282 e. The first-order valence-electron chi connectivity index (χ1n) is 7.55. The second-order valence-electron chi connectivity index (χ2n) is 6.22. The molecule has 1 fully saturated rings. The van der Waals surface area contributed by atoms with E-state index in [1.54, 1.807) is 0 Å². The van der Waals surface area contributed by atoms with Crippen molar-refractivity contribution in [2.45, 2.75) is 46.6 Å². The van der Waals surface area contributed by atoms with Crippen LogP contribution >= 0.6 is 0 Å². The molecule has 0 saturated carbocycles. The van der Waals surface area contributed by atoms with E-state index in [9.17, 15) is 4.79 Å². The summed E-state index contributed by atoms with van der Waals surface area (Å²) < 4.78 is 1.81. The van der Waals surface area contributed by atoms with Gasteiger partial charge in [-0.15, -0.1) is 0 Å². The molecule has 2 N–H and O–H groups in total. The van der Waals surface area contributed by atoms with E-state index in [4.69, 9.17) is 0 Å². The van der Waals surface area contributed by atoms with Crippen LogP contribution in [-0.4, -0.2) is 34.8 Å². The van der Waals surface area contributed by atoms with Gasteiger partial charge in [0, 0.05) is 7.05 Å². The topological polar surface area (TPSA) is 51.4 Å². The molecule has 112 valence electrons. The van der Waals surface area contributed by atoms with Gasteiger partial charge in [-0.3, -0.25) is 9.48 Å². The van der Waals surface area contributed by atoms with Crippen LogP contribution in [0.25, 0.3) is 0 Å². The van der Waals surface area contributed by atoms with Crippen molar-refractivity contribution in [3.05, 3.63) is 11.4 Å². The smallest absolute Gasteiger partial charge is 0.282 e. The van der Waals surface area contributed by atoms with E-state index in [1.165, 1.54) is 17.7 Å². The van der Waals surface area contributed by atoms with Crippen molar-refractivity contribution in [3.8, 4) is 0 Å². The Bertz CT molecular complexity index is 486. The number of amides is 1. The summed E-state index contributed by atoms with van der Waals surface area (Å²) in [5.74, 6) is 0.908. The molecular weight excluding hydrogens is 252 g/mol. The minimum absolute atomic E-state index is 0.00139. The average Bonchev–Trinajstić information content (AvgIpc) is 2.65. The van der Waals surface area contributed by atoms with Crippen molar-refractivity contribution in [2.24, 2.45) is 13.0 Å². The van der Waals surface area contributed by atoms with Gasteiger partial charge in [-0.05, 0) is 39.5 Å². The fraction of sp³-hybridized carbons (Fsp3) is 0.733. The standard InChI is InChI=1S/C15H26N4O/c1-10-6-8-19(9-7-10)13(4)15(20)16-14-11(2)17-18(5)12(14)3/h10,13H,6-9H2,1-5H3,(H,16,20)/p+1/t13-/m0/s1. The summed E-state index contributed by atoms with van der Waals surface area (Å²) in [5, 5.41) is 7.41. The fourth-order valence-electron chi connectivity index (χ4n) is 2.94. The molecular formula is C15H27N4O+. The number of anilines is 1. The van der Waals surface area contributed by atoms with Crippen LogP contribution in [0, 0.1) is 19.8 Å². The molecule has 0 unspecified atom stereocenters. The van der Waals surface area contributed by atoms with Gasteiger partial charge in [0.2, 0.25) is 0 Å². The zero-order valence-corrected chi connectivity index (χ0v) is 13.3. The van der Waals surface area contributed by atoms with Crippen LogP contribution in [0.3, 0.4) is 0 Å². The number of hydrogen-bond donors (Lipinski definition) is 2. The van der Waals surface area contributed by atoms with Gasteiger partial charge in [-0.1, -0.05) is 6.92 Å². The largest absolute Gasteiger partial charge is 0.325 e. The highest BCUT2D eigenvalue weighted by molar-refractivity contribution is 5.94. The number of piperidine rings is 1. The highest BCUT2D eigenvalue weighted by Gasteiger charge is 2.29. The van der Waals surface area contributed by atoms with Crippen molar-refractivity contribution in [2.75, 3.05) is 18.4 Å². The third-order valence-electron chi connectivity index (χ3n) is 4.68. The van der Waals surface area contributed by atoms with Crippen LogP contribution in [0.15, 0.2) is 0 Å². The maximum absolute atomic E-state index is 12.4. The lowest BCUT2D eigenvalue weighted by atomic mass is 9.98. The van der Waals surface area contributed by atoms with E-state index in [-0.39, 0.29) is 11.9 Å². The van der Waals surface area contributed by atoms with Crippen LogP contribution in [0.2, 0.25) is 0 Å². The molecule has 0 aromatic carbocycles. The first kappa shape index (κ1) is 15.0. The third kappa shape index (κ3) is 3.03. The number of nitrogens with zero attached hydrogens (tertiary/aromatic N) is 2. The summed E-state index contributed by atoms with van der Waals surface area (Å²) in [6.07, 6.45) is 2.44. The second kappa shape index (κ2) is 5.95. The van der Waals surface area contributed by atoms with Crippen molar-refractivity contribution in [1.82, 2.24) is 9.78 Å². The molecule has 2 heterocycles. The van der Waals surface area contributed by atoms with Gasteiger partial charge in [0.05, 0.1) is 30.2 Å². The monoisotopic (exact) mass is 279 g/mol. The molecule has 1 atom stereocenters. The molecule has 0 aliphatic carbocycles. The zero-order valence-electron chi connectivity index (χ0n) is 13.3. The van der Waals surface area contributed by atoms with E-state index >= 15 is 0 Å². The van der Waals surface area contributed by atoms with E-state index in [0.29, 0.717) is 0 Å². The second-order valence-corrected chi connectivity index (χ2v) is 6.22. The maximum atomic E-state index is 12.4. The Labute approximate surface area is 121 Å². The highest BCUT2D eigenvalue weighted by atomic mass is 16.2. The van der Waals surface area contributed by atoms with Gasteiger partial charge in [-0.2, -0.15) is 5.10 Å². The lowest BCUT2D eigenvalue weighted by Crippen LogP contribution is -3.17. The quantitative estimate of drug-likeness (QED) is 0.855. The SMILES string of the molecule is Cc1nn(C)c(C)c1NC(=O)[C@H](C)[NH+]1CCC(C)CC1. The predicted octanol–water partition coefficient (Wildman–Crippen LogP) is 0.679. The van der Waals surface area contributed by atoms with Crippen molar-refractivity contribution in [1.29, 1.82) is 0 Å². The number of carbonyl (C=O) groups excluding carboxylic acids is 1. The normalized spacial score (nSPS) is 24.4. The number of hydrogen-bond acceptors (Lipinski definition) is 2. The number of aromatic nitrogens is 2. The van der Waals surface area contributed by atoms with Gasteiger partial charge in [0.15, 0.2) is 6.04 Å². The van der Waals surface area contributed by atoms with Crippen LogP contribution in [0.1, 0.15) is 38.1 Å². The molecule has 5 nitrogen and oxygen atoms in total. The molecule has 2 rings (SSSR count). The van der Waals surface area contributed by atoms with Crippen molar-refractivity contribution >= 4 is 11.6 Å². The molecule has 5 heteroatoms. The molecule has 1 saturated heterocycles. The molecule has 0 bridgehead atoms. The van der Waals surface area contributed by atoms with E-state index in [0.717, 1.165) is 36.1 Å². The predicted molar refractivity (Wildman–Crippen MR) is 79.9 cm³/mol. The summed E-state index contributed by atoms with van der Waals surface area (Å²) in [5.41, 5.74) is 2.76. The molecule has 1 aromatic heterocycles. The Morgan fingerprint density at radius 3 is 2.50 bits per heavy atom. The Balaban J connectivity index is 2.01. The van der Waals surface area contributed by atoms with Gasteiger partial charge < -0.3 is 10.2 Å². The van der Waals surface area contributed by atoms with E-state index in [1.807, 2.05) is 32.5 Å². The fourth-order valence-corrected chi connectivity index (χ4v) is 2.94. The van der Waals surface area contributed by atoms with Crippen molar-refractivity contribution < 1.29 is 9.69 Å². The van der Waals surface area contributed by atoms with E-state index < -0.39 is 0 Å². The van der Waals surface area contributed by atoms with E-state index in [2.05, 4.69) is 17.3 Å². The number of nitrogens with one attached hydrogen (secondary N) is 2. The van der Waals surface area contributed by atoms with Gasteiger partial charge in [-0.25, -0.2) is 0 Å². The van der Waals surface area contributed by atoms with Gasteiger partial charge >= 0.3 is 0 Å². The molecule has 1 aliphatic heterocycles. The average molecular weight is 279 g/mol.